The summed E-state index contributed by atoms with van der Waals surface area (Å²) in [6, 6.07) is 17.1. The number of carbonyl (C=O) groups excluding carboxylic acids is 1. The molecule has 2 unspecified atom stereocenters. The summed E-state index contributed by atoms with van der Waals surface area (Å²) >= 11 is 0. The number of benzene rings is 2. The van der Waals surface area contributed by atoms with E-state index in [0.29, 0.717) is 50.7 Å². The van der Waals surface area contributed by atoms with E-state index in [4.69, 9.17) is 14.5 Å². The first-order valence-electron chi connectivity index (χ1n) is 15.6. The van der Waals surface area contributed by atoms with Crippen LogP contribution in [0.15, 0.2) is 49.1 Å². The summed E-state index contributed by atoms with van der Waals surface area (Å²) in [5, 5.41) is 22.6. The molecule has 3 aliphatic heterocycles. The number of nitrogens with zero attached hydrogens (tertiary/aromatic N) is 7. The molecule has 1 aromatic heterocycles. The number of nitriles is 2. The van der Waals surface area contributed by atoms with Crippen LogP contribution in [0.4, 0.5) is 11.4 Å². The van der Waals surface area contributed by atoms with Gasteiger partial charge >= 0.3 is 0 Å². The number of pyridine rings is 1. The van der Waals surface area contributed by atoms with Crippen LogP contribution in [0.3, 0.4) is 0 Å². The minimum Gasteiger partial charge on any atom is -0.474 e. The molecule has 0 saturated carbocycles. The Morgan fingerprint density at radius 2 is 1.96 bits per heavy atom. The number of rotatable bonds is 7. The Kier molecular flexibility index (Phi) is 8.88. The second-order valence-electron chi connectivity index (χ2n) is 12.1. The first kappa shape index (κ1) is 30.4. The lowest BCUT2D eigenvalue weighted by Crippen LogP contribution is -2.55. The van der Waals surface area contributed by atoms with Gasteiger partial charge in [0.1, 0.15) is 24.3 Å². The highest BCUT2D eigenvalue weighted by Gasteiger charge is 2.35. The Hall–Kier alpha value is -4.64. The van der Waals surface area contributed by atoms with E-state index in [9.17, 15) is 15.3 Å². The second-order valence-corrected chi connectivity index (χ2v) is 12.1. The fraction of sp³-hybridized carbons (Fsp3) is 0.429. The van der Waals surface area contributed by atoms with Crippen molar-refractivity contribution in [2.45, 2.75) is 38.5 Å². The molecule has 3 aliphatic rings. The molecule has 4 heterocycles. The molecule has 0 spiro atoms. The average molecular weight is 606 g/mol. The van der Waals surface area contributed by atoms with Crippen LogP contribution in [0.1, 0.15) is 28.8 Å². The summed E-state index contributed by atoms with van der Waals surface area (Å²) in [5.74, 6) is 0.120. The van der Waals surface area contributed by atoms with Gasteiger partial charge in [0.25, 0.3) is 0 Å². The summed E-state index contributed by atoms with van der Waals surface area (Å²) in [7, 11) is 2.06. The van der Waals surface area contributed by atoms with Crippen LogP contribution in [-0.2, 0) is 22.5 Å². The maximum atomic E-state index is 12.6. The van der Waals surface area contributed by atoms with Crippen LogP contribution in [0, 0.1) is 29.6 Å². The summed E-state index contributed by atoms with van der Waals surface area (Å²) in [6.07, 6.45) is 2.06. The van der Waals surface area contributed by atoms with Crippen molar-refractivity contribution in [3.8, 4) is 18.0 Å². The van der Waals surface area contributed by atoms with Gasteiger partial charge in [0.2, 0.25) is 11.8 Å². The van der Waals surface area contributed by atoms with E-state index < -0.39 is 0 Å². The third-order valence-electron chi connectivity index (χ3n) is 9.17. The van der Waals surface area contributed by atoms with Gasteiger partial charge in [-0.05, 0) is 43.5 Å². The van der Waals surface area contributed by atoms with Gasteiger partial charge in [0.15, 0.2) is 0 Å². The molecular formula is C35H39N7O3. The Morgan fingerprint density at radius 3 is 2.71 bits per heavy atom. The average Bonchev–Trinajstić information content (AvgIpc) is 3.06. The number of fused-ring (bicyclic) bond motifs is 2. The number of hydrogen-bond donors (Lipinski definition) is 0. The Bertz CT molecular complexity index is 1690. The molecule has 6 rings (SSSR count). The molecule has 0 aliphatic carbocycles. The summed E-state index contributed by atoms with van der Waals surface area (Å²) in [6.45, 7) is 11.0. The number of piperazine rings is 1. The lowest BCUT2D eigenvalue weighted by atomic mass is 9.95. The van der Waals surface area contributed by atoms with E-state index in [-0.39, 0.29) is 31.1 Å². The highest BCUT2D eigenvalue weighted by atomic mass is 16.5. The van der Waals surface area contributed by atoms with Crippen LogP contribution >= 0.6 is 0 Å². The van der Waals surface area contributed by atoms with Crippen LogP contribution in [0.25, 0.3) is 10.8 Å². The fourth-order valence-corrected chi connectivity index (χ4v) is 6.95. The lowest BCUT2D eigenvalue weighted by Gasteiger charge is -2.43. The zero-order valence-electron chi connectivity index (χ0n) is 26.0. The van der Waals surface area contributed by atoms with Gasteiger partial charge in [0, 0.05) is 55.9 Å². The predicted molar refractivity (Wildman–Crippen MR) is 173 cm³/mol. The van der Waals surface area contributed by atoms with Gasteiger partial charge in [-0.25, -0.2) is 4.98 Å². The molecule has 0 radical (unpaired) electrons. The second kappa shape index (κ2) is 13.2. The third-order valence-corrected chi connectivity index (χ3v) is 9.17. The van der Waals surface area contributed by atoms with Gasteiger partial charge < -0.3 is 29.1 Å². The summed E-state index contributed by atoms with van der Waals surface area (Å²) in [4.78, 5) is 26.1. The van der Waals surface area contributed by atoms with Crippen LogP contribution in [0.5, 0.6) is 5.88 Å². The van der Waals surface area contributed by atoms with Crippen molar-refractivity contribution in [3.63, 3.8) is 0 Å². The molecule has 10 nitrogen and oxygen atoms in total. The van der Waals surface area contributed by atoms with Gasteiger partial charge in [-0.15, -0.1) is 0 Å². The van der Waals surface area contributed by atoms with Crippen molar-refractivity contribution >= 4 is 28.1 Å². The first-order valence-corrected chi connectivity index (χ1v) is 15.6. The normalized spacial score (nSPS) is 20.3. The number of ether oxygens (including phenoxy) is 2. The quantitative estimate of drug-likeness (QED) is 0.372. The van der Waals surface area contributed by atoms with E-state index in [1.165, 1.54) is 22.4 Å². The number of anilines is 2. The van der Waals surface area contributed by atoms with Crippen molar-refractivity contribution < 1.29 is 14.3 Å². The van der Waals surface area contributed by atoms with Crippen LogP contribution < -0.4 is 14.5 Å². The number of likely N-dealkylation sites (N-methyl/N-ethyl adjacent to an activating group) is 1. The van der Waals surface area contributed by atoms with Crippen molar-refractivity contribution in [3.05, 3.63) is 71.4 Å². The number of amides is 1. The zero-order chi connectivity index (χ0) is 31.5. The maximum Gasteiger partial charge on any atom is 0.246 e. The van der Waals surface area contributed by atoms with E-state index in [1.807, 2.05) is 0 Å². The molecule has 2 fully saturated rings. The first-order chi connectivity index (χ1) is 21.9. The smallest absolute Gasteiger partial charge is 0.246 e. The maximum absolute atomic E-state index is 12.6. The van der Waals surface area contributed by atoms with Gasteiger partial charge in [-0.2, -0.15) is 10.5 Å². The van der Waals surface area contributed by atoms with E-state index >= 15 is 0 Å². The van der Waals surface area contributed by atoms with Crippen molar-refractivity contribution in [2.75, 3.05) is 69.3 Å². The van der Waals surface area contributed by atoms with E-state index in [2.05, 4.69) is 83.8 Å². The highest BCUT2D eigenvalue weighted by Crippen LogP contribution is 2.40. The zero-order valence-corrected chi connectivity index (χ0v) is 26.0. The van der Waals surface area contributed by atoms with Crippen molar-refractivity contribution in [1.29, 1.82) is 10.5 Å². The molecular weight excluding hydrogens is 566 g/mol. The molecule has 2 aromatic carbocycles. The molecule has 10 heteroatoms. The fourth-order valence-electron chi connectivity index (χ4n) is 6.95. The van der Waals surface area contributed by atoms with Crippen LogP contribution in [-0.4, -0.2) is 92.4 Å². The van der Waals surface area contributed by atoms with Gasteiger partial charge in [-0.1, -0.05) is 36.9 Å². The topological polar surface area (TPSA) is 109 Å². The minimum absolute atomic E-state index is 0.125. The number of carbonyl (C=O) groups is 1. The molecule has 3 aromatic rings. The lowest BCUT2D eigenvalue weighted by molar-refractivity contribution is -0.128. The van der Waals surface area contributed by atoms with Gasteiger partial charge in [-0.3, -0.25) is 4.79 Å². The number of aromatic nitrogens is 1. The molecule has 1 amide bonds. The standard InChI is InChI=1S/C35H39N7O3/c1-4-32(43)42-16-15-41(20-26(42)11-13-36)34-28-12-14-40(31-10-6-9-25-8-5-7-24(2)33(25)31)22-30(28)38-35(29(34)19-37)45-23-27-21-39(3)17-18-44-27/h4-10,26-27H,1,11-12,14-18,20-23H2,2-3H3. The van der Waals surface area contributed by atoms with E-state index in [1.54, 1.807) is 4.90 Å². The molecule has 232 valence electrons. The minimum atomic E-state index is -0.320. The Balaban J connectivity index is 1.39. The van der Waals surface area contributed by atoms with Crippen molar-refractivity contribution in [2.24, 2.45) is 0 Å². The number of hydrogen-bond acceptors (Lipinski definition) is 9. The SMILES string of the molecule is C=CC(=O)N1CCN(c2c(C#N)c(OCC3CN(C)CCO3)nc3c2CCN(c2cccc4cccc(C)c24)C3)CC1CC#N. The monoisotopic (exact) mass is 605 g/mol. The van der Waals surface area contributed by atoms with Gasteiger partial charge in [0.05, 0.1) is 43.1 Å². The highest BCUT2D eigenvalue weighted by molar-refractivity contribution is 5.97. The van der Waals surface area contributed by atoms with Crippen LogP contribution in [0.2, 0.25) is 0 Å². The van der Waals surface area contributed by atoms with E-state index in [0.717, 1.165) is 42.3 Å². The molecule has 0 N–H and O–H groups in total. The summed E-state index contributed by atoms with van der Waals surface area (Å²) < 4.78 is 12.3. The summed E-state index contributed by atoms with van der Waals surface area (Å²) in [5.41, 5.74) is 5.49. The Labute approximate surface area is 264 Å². The molecule has 45 heavy (non-hydrogen) atoms. The largest absolute Gasteiger partial charge is 0.474 e. The van der Waals surface area contributed by atoms with Crippen molar-refractivity contribution in [1.82, 2.24) is 14.8 Å². The molecule has 2 saturated heterocycles. The number of aryl methyl sites for hydroxylation is 1. The Morgan fingerprint density at radius 1 is 1.13 bits per heavy atom. The number of morpholine rings is 1. The molecule has 2 atom stereocenters. The molecule has 0 bridgehead atoms. The third kappa shape index (κ3) is 6.04. The predicted octanol–water partition coefficient (Wildman–Crippen LogP) is 3.80.